The number of nitrogens with zero attached hydrogens (tertiary/aromatic N) is 1. The van der Waals surface area contributed by atoms with E-state index in [9.17, 15) is 18.0 Å². The number of amidine groups is 1. The van der Waals surface area contributed by atoms with E-state index in [0.29, 0.717) is 21.3 Å². The molecule has 0 atom stereocenters. The zero-order valence-electron chi connectivity index (χ0n) is 22.8. The van der Waals surface area contributed by atoms with Gasteiger partial charge in [-0.25, -0.2) is 13.1 Å². The van der Waals surface area contributed by atoms with Crippen LogP contribution in [0.3, 0.4) is 0 Å². The molecular weight excluding hydrogens is 610 g/mol. The monoisotopic (exact) mass is 637 g/mol. The number of sulfonamides is 1. The first-order chi connectivity index (χ1) is 20.2. The van der Waals surface area contributed by atoms with Crippen molar-refractivity contribution in [3.8, 4) is 11.1 Å². The van der Waals surface area contributed by atoms with Gasteiger partial charge in [0.15, 0.2) is 5.17 Å². The van der Waals surface area contributed by atoms with Crippen LogP contribution in [0, 0.1) is 6.92 Å². The van der Waals surface area contributed by atoms with Gasteiger partial charge < -0.3 is 5.32 Å². The summed E-state index contributed by atoms with van der Waals surface area (Å²) in [4.78, 5) is 30.8. The van der Waals surface area contributed by atoms with Crippen molar-refractivity contribution in [3.63, 3.8) is 0 Å². The van der Waals surface area contributed by atoms with Crippen molar-refractivity contribution in [3.05, 3.63) is 119 Å². The predicted octanol–water partition coefficient (Wildman–Crippen LogP) is 5.87. The molecule has 1 heterocycles. The zero-order chi connectivity index (χ0) is 29.7. The zero-order valence-corrected chi connectivity index (χ0v) is 25.3. The average molecular weight is 638 g/mol. The summed E-state index contributed by atoms with van der Waals surface area (Å²) in [6, 6.07) is 29.6. The molecule has 2 amide bonds. The molecule has 1 aliphatic rings. The molecule has 0 radical (unpaired) electrons. The first kappa shape index (κ1) is 32.8. The summed E-state index contributed by atoms with van der Waals surface area (Å²) in [5.41, 5.74) is 5.38. The van der Waals surface area contributed by atoms with Crippen LogP contribution in [-0.4, -0.2) is 61.2 Å². The van der Waals surface area contributed by atoms with E-state index in [-0.39, 0.29) is 46.8 Å². The number of hydrogen-bond acceptors (Lipinski definition) is 7. The number of hydrogen-bond donors (Lipinski definition) is 2. The summed E-state index contributed by atoms with van der Waals surface area (Å²) in [6.07, 6.45) is 3.77. The minimum absolute atomic E-state index is 0. The van der Waals surface area contributed by atoms with Crippen LogP contribution in [0.2, 0.25) is 0 Å². The van der Waals surface area contributed by atoms with E-state index in [2.05, 4.69) is 45.6 Å². The van der Waals surface area contributed by atoms with Gasteiger partial charge in [-0.15, -0.1) is 11.8 Å². The van der Waals surface area contributed by atoms with Gasteiger partial charge >= 0.3 is 29.6 Å². The second-order valence-electron chi connectivity index (χ2n) is 9.52. The summed E-state index contributed by atoms with van der Waals surface area (Å²) < 4.78 is 27.0. The molecule has 0 unspecified atom stereocenters. The summed E-state index contributed by atoms with van der Waals surface area (Å²) in [5.74, 6) is -0.948. The Bertz CT molecular complexity index is 1790. The molecule has 4 aromatic carbocycles. The molecule has 0 aromatic heterocycles. The molecule has 1 aliphatic heterocycles. The van der Waals surface area contributed by atoms with E-state index in [4.69, 9.17) is 0 Å². The van der Waals surface area contributed by atoms with Crippen LogP contribution < -0.4 is 10.0 Å². The van der Waals surface area contributed by atoms with E-state index < -0.39 is 15.9 Å². The van der Waals surface area contributed by atoms with Gasteiger partial charge in [0.25, 0.3) is 15.9 Å². The molecule has 0 aliphatic carbocycles. The third-order valence-electron chi connectivity index (χ3n) is 6.40. The number of thioether (sulfide) groups is 2. The molecule has 0 saturated heterocycles. The van der Waals surface area contributed by atoms with Crippen molar-refractivity contribution < 1.29 is 18.0 Å². The molecule has 2 N–H and O–H groups in total. The molecule has 0 spiro atoms. The topological polar surface area (TPSA) is 105 Å². The first-order valence-corrected chi connectivity index (χ1v) is 16.5. The van der Waals surface area contributed by atoms with Gasteiger partial charge in [-0.1, -0.05) is 66.2 Å². The fourth-order valence-corrected chi connectivity index (χ4v) is 6.37. The van der Waals surface area contributed by atoms with Crippen LogP contribution in [0.15, 0.2) is 117 Å². The number of benzene rings is 4. The maximum atomic E-state index is 12.5. The Balaban J connectivity index is 0.00000423. The number of carbonyl (C=O) groups is 2. The first-order valence-electron chi connectivity index (χ1n) is 12.9. The fourth-order valence-electron chi connectivity index (χ4n) is 4.15. The van der Waals surface area contributed by atoms with Gasteiger partial charge in [-0.05, 0) is 89.7 Å². The standard InChI is InChI=1S/C32H27N3O4S3.Na.H/c1-21-3-17-28(18-4-21)42(38,39)35-30(36)20-23-7-13-26(14-8-23)33-32-34-31(37)29(41-32)19-22-5-9-24(10-6-22)25-11-15-27(40-2)16-12-25;;/h3-19H,20H2,1-2H3,(H,35,36)(H,33,34,37);;/b29-19+;;. The molecule has 0 bridgehead atoms. The Morgan fingerprint density at radius 2 is 1.49 bits per heavy atom. The van der Waals surface area contributed by atoms with Crippen molar-refractivity contribution in [2.45, 2.75) is 23.1 Å². The summed E-state index contributed by atoms with van der Waals surface area (Å²) >= 11 is 2.96. The van der Waals surface area contributed by atoms with Gasteiger partial charge in [-0.2, -0.15) is 4.99 Å². The molecule has 5 rings (SSSR count). The Kier molecular flexibility index (Phi) is 11.1. The summed E-state index contributed by atoms with van der Waals surface area (Å²) in [5, 5.41) is 3.58. The molecule has 214 valence electrons. The molecule has 7 nitrogen and oxygen atoms in total. The number of nitrogens with one attached hydrogen (secondary N) is 2. The van der Waals surface area contributed by atoms with Gasteiger partial charge in [0.2, 0.25) is 5.91 Å². The van der Waals surface area contributed by atoms with E-state index in [1.165, 1.54) is 28.8 Å². The van der Waals surface area contributed by atoms with Gasteiger partial charge in [0.05, 0.1) is 16.2 Å². The van der Waals surface area contributed by atoms with Crippen molar-refractivity contribution in [1.82, 2.24) is 4.72 Å². The number of rotatable bonds is 8. The predicted molar refractivity (Wildman–Crippen MR) is 179 cm³/mol. The van der Waals surface area contributed by atoms with E-state index >= 15 is 0 Å². The Morgan fingerprint density at radius 1 is 0.884 bits per heavy atom. The van der Waals surface area contributed by atoms with E-state index in [0.717, 1.165) is 22.3 Å². The molecule has 0 saturated carbocycles. The third-order valence-corrected chi connectivity index (χ3v) is 9.43. The molecule has 0 fully saturated rings. The molecular formula is C32H28N3NaO4S3. The van der Waals surface area contributed by atoms with Crippen LogP contribution in [0.25, 0.3) is 17.2 Å². The SMILES string of the molecule is CSc1ccc(-c2ccc(/C=C3/SC(Nc4ccc(CC(=O)NS(=O)(=O)c5ccc(C)cc5)cc4)=NC3=O)cc2)cc1.[NaH]. The summed E-state index contributed by atoms with van der Waals surface area (Å²) in [7, 11) is -3.94. The van der Waals surface area contributed by atoms with E-state index in [1.807, 2.05) is 37.3 Å². The number of amides is 2. The van der Waals surface area contributed by atoms with Crippen LogP contribution in [0.4, 0.5) is 5.69 Å². The second-order valence-corrected chi connectivity index (χ2v) is 13.1. The van der Waals surface area contributed by atoms with Crippen LogP contribution >= 0.6 is 23.5 Å². The van der Waals surface area contributed by atoms with Gasteiger partial charge in [0.1, 0.15) is 0 Å². The molecule has 11 heteroatoms. The summed E-state index contributed by atoms with van der Waals surface area (Å²) in [6.45, 7) is 1.85. The van der Waals surface area contributed by atoms with Crippen LogP contribution in [0.1, 0.15) is 16.7 Å². The van der Waals surface area contributed by atoms with E-state index in [1.54, 1.807) is 48.2 Å². The Labute approximate surface area is 282 Å². The van der Waals surface area contributed by atoms with Crippen molar-refractivity contribution in [2.24, 2.45) is 4.99 Å². The Hall–Kier alpha value is -3.12. The van der Waals surface area contributed by atoms with Crippen LogP contribution in [-0.2, 0) is 26.0 Å². The average Bonchev–Trinajstić information content (AvgIpc) is 3.32. The fraction of sp³-hybridized carbons (Fsp3) is 0.0938. The molecule has 43 heavy (non-hydrogen) atoms. The second kappa shape index (κ2) is 14.6. The minimum atomic E-state index is -3.94. The van der Waals surface area contributed by atoms with Gasteiger partial charge in [0, 0.05) is 10.6 Å². The number of aryl methyl sites for hydroxylation is 1. The van der Waals surface area contributed by atoms with Gasteiger partial charge in [-0.3, -0.25) is 9.59 Å². The van der Waals surface area contributed by atoms with Crippen molar-refractivity contribution in [2.75, 3.05) is 11.6 Å². The quantitative estimate of drug-likeness (QED) is 0.142. The normalized spacial score (nSPS) is 13.8. The third kappa shape index (κ3) is 8.72. The van der Waals surface area contributed by atoms with Crippen molar-refractivity contribution in [1.29, 1.82) is 0 Å². The Morgan fingerprint density at radius 3 is 2.09 bits per heavy atom. The van der Waals surface area contributed by atoms with Crippen molar-refractivity contribution >= 4 is 91.8 Å². The number of aliphatic imine (C=N–C) groups is 1. The van der Waals surface area contributed by atoms with Crippen LogP contribution in [0.5, 0.6) is 0 Å². The number of anilines is 1. The maximum absolute atomic E-state index is 12.5. The number of carbonyl (C=O) groups excluding carboxylic acids is 2. The molecule has 4 aromatic rings.